The van der Waals surface area contributed by atoms with Crippen LogP contribution in [0.25, 0.3) is 17.3 Å². The van der Waals surface area contributed by atoms with Gasteiger partial charge in [-0.15, -0.1) is 0 Å². The number of nitrogens with one attached hydrogen (secondary N) is 3. The minimum Gasteiger partial charge on any atom is -0.351 e. The Morgan fingerprint density at radius 3 is 2.74 bits per heavy atom. The number of anilines is 1. The summed E-state index contributed by atoms with van der Waals surface area (Å²) in [4.78, 5) is 37.0. The molecule has 35 heavy (non-hydrogen) atoms. The Morgan fingerprint density at radius 2 is 1.97 bits per heavy atom. The van der Waals surface area contributed by atoms with Gasteiger partial charge in [-0.25, -0.2) is 9.97 Å². The van der Waals surface area contributed by atoms with Crippen molar-refractivity contribution in [2.75, 3.05) is 11.9 Å². The van der Waals surface area contributed by atoms with E-state index in [9.17, 15) is 9.59 Å². The van der Waals surface area contributed by atoms with Crippen molar-refractivity contribution in [2.24, 2.45) is 5.92 Å². The third kappa shape index (κ3) is 6.33. The Kier molecular flexibility index (Phi) is 7.51. The highest BCUT2D eigenvalue weighted by molar-refractivity contribution is 8.18. The van der Waals surface area contributed by atoms with E-state index in [4.69, 9.17) is 4.98 Å². The monoisotopic (exact) mass is 506 g/mol. The van der Waals surface area contributed by atoms with E-state index in [-0.39, 0.29) is 11.1 Å². The summed E-state index contributed by atoms with van der Waals surface area (Å²) in [7, 11) is 0. The first kappa shape index (κ1) is 23.7. The molecule has 4 heterocycles. The lowest BCUT2D eigenvalue weighted by atomic mass is 9.86. The van der Waals surface area contributed by atoms with Crippen molar-refractivity contribution in [3.05, 3.63) is 63.6 Å². The highest BCUT2D eigenvalue weighted by atomic mass is 32.2. The third-order valence-corrected chi connectivity index (χ3v) is 7.63. The van der Waals surface area contributed by atoms with Crippen LogP contribution < -0.4 is 16.0 Å². The minimum absolute atomic E-state index is 0.323. The van der Waals surface area contributed by atoms with Crippen LogP contribution in [0.4, 0.5) is 10.7 Å². The lowest BCUT2D eigenvalue weighted by Gasteiger charge is -2.29. The summed E-state index contributed by atoms with van der Waals surface area (Å²) in [5.74, 6) is 0.804. The number of carbonyl (C=O) groups is 2. The summed E-state index contributed by atoms with van der Waals surface area (Å²) in [5, 5.41) is 13.1. The summed E-state index contributed by atoms with van der Waals surface area (Å²) >= 11 is 2.57. The second-order valence-corrected chi connectivity index (χ2v) is 10.5. The number of thioether (sulfide) groups is 1. The summed E-state index contributed by atoms with van der Waals surface area (Å²) in [6.45, 7) is 1.75. The number of imide groups is 1. The molecule has 2 amide bonds. The van der Waals surface area contributed by atoms with Gasteiger partial charge >= 0.3 is 0 Å². The van der Waals surface area contributed by atoms with Crippen LogP contribution >= 0.6 is 23.1 Å². The molecule has 0 atom stereocenters. The Bertz CT molecular complexity index is 1220. The predicted molar refractivity (Wildman–Crippen MR) is 140 cm³/mol. The molecule has 3 aromatic heterocycles. The fraction of sp³-hybridized carbons (Fsp3) is 0.320. The summed E-state index contributed by atoms with van der Waals surface area (Å²) < 4.78 is 0. The van der Waals surface area contributed by atoms with E-state index in [0.29, 0.717) is 28.5 Å². The molecule has 0 spiro atoms. The molecular formula is C25H26N6O2S2. The van der Waals surface area contributed by atoms with Gasteiger partial charge in [0.2, 0.25) is 5.95 Å². The quantitative estimate of drug-likeness (QED) is 0.378. The van der Waals surface area contributed by atoms with E-state index < -0.39 is 0 Å². The first-order valence-electron chi connectivity index (χ1n) is 11.7. The molecular weight excluding hydrogens is 480 g/mol. The van der Waals surface area contributed by atoms with Crippen LogP contribution in [0.15, 0.2) is 52.2 Å². The van der Waals surface area contributed by atoms with E-state index in [1.54, 1.807) is 29.7 Å². The predicted octanol–water partition coefficient (Wildman–Crippen LogP) is 4.68. The lowest BCUT2D eigenvalue weighted by molar-refractivity contribution is -0.115. The zero-order chi connectivity index (χ0) is 24.0. The summed E-state index contributed by atoms with van der Waals surface area (Å²) in [5.41, 5.74) is 3.86. The fourth-order valence-electron chi connectivity index (χ4n) is 4.32. The number of amides is 2. The summed E-state index contributed by atoms with van der Waals surface area (Å²) in [6.07, 6.45) is 7.66. The van der Waals surface area contributed by atoms with Crippen molar-refractivity contribution in [1.82, 2.24) is 25.6 Å². The number of pyridine rings is 1. The van der Waals surface area contributed by atoms with Crippen molar-refractivity contribution in [3.8, 4) is 11.3 Å². The van der Waals surface area contributed by atoms with Gasteiger partial charge in [0.15, 0.2) is 0 Å². The van der Waals surface area contributed by atoms with Gasteiger partial charge in [-0.05, 0) is 85.6 Å². The van der Waals surface area contributed by atoms with Gasteiger partial charge in [-0.2, -0.15) is 11.3 Å². The number of hydrogen-bond donors (Lipinski definition) is 3. The number of hydrogen-bond acceptors (Lipinski definition) is 9. The van der Waals surface area contributed by atoms with Gasteiger partial charge in [-0.3, -0.25) is 19.9 Å². The number of aromatic nitrogens is 3. The van der Waals surface area contributed by atoms with E-state index in [1.807, 2.05) is 0 Å². The zero-order valence-electron chi connectivity index (χ0n) is 19.1. The minimum atomic E-state index is -0.383. The number of rotatable bonds is 8. The SMILES string of the molecule is O=C1NC(=O)/C(=C/c2ccnc(N[C@H]3CC[C@H](CNCc4cccc(-c5ccsc5)n4)CC3)n2)S1. The van der Waals surface area contributed by atoms with Gasteiger partial charge in [-0.1, -0.05) is 6.07 Å². The maximum atomic E-state index is 11.8. The van der Waals surface area contributed by atoms with Gasteiger partial charge in [0.1, 0.15) is 0 Å². The molecule has 1 saturated carbocycles. The highest BCUT2D eigenvalue weighted by Crippen LogP contribution is 2.27. The molecule has 3 aromatic rings. The first-order chi connectivity index (χ1) is 17.1. The maximum Gasteiger partial charge on any atom is 0.290 e. The second-order valence-electron chi connectivity index (χ2n) is 8.68. The fourth-order valence-corrected chi connectivity index (χ4v) is 5.64. The van der Waals surface area contributed by atoms with Crippen LogP contribution in [-0.2, 0) is 11.3 Å². The number of thiophene rings is 1. The Balaban J connectivity index is 1.07. The molecule has 0 aromatic carbocycles. The standard InChI is InChI=1S/C25H26N6O2S2/c32-23-22(35-25(33)31-23)12-19-8-10-27-24(30-19)29-18-6-4-16(5-7-18)13-26-14-20-2-1-3-21(28-20)17-9-11-34-15-17/h1-3,8-12,15-16,18,26H,4-7,13-14H2,(H,27,29,30)(H,31,32,33)/b22-12-/t16-,18-. The van der Waals surface area contributed by atoms with Gasteiger partial charge in [0.05, 0.1) is 22.0 Å². The van der Waals surface area contributed by atoms with Crippen molar-refractivity contribution in [2.45, 2.75) is 38.3 Å². The molecule has 0 unspecified atom stereocenters. The van der Waals surface area contributed by atoms with Gasteiger partial charge in [0.25, 0.3) is 11.1 Å². The van der Waals surface area contributed by atoms with E-state index in [0.717, 1.165) is 61.9 Å². The van der Waals surface area contributed by atoms with Gasteiger partial charge in [0, 0.05) is 29.7 Å². The topological polar surface area (TPSA) is 109 Å². The largest absolute Gasteiger partial charge is 0.351 e. The van der Waals surface area contributed by atoms with Crippen LogP contribution in [0.1, 0.15) is 37.1 Å². The molecule has 10 heteroatoms. The van der Waals surface area contributed by atoms with E-state index in [2.05, 4.69) is 60.9 Å². The molecule has 2 fully saturated rings. The van der Waals surface area contributed by atoms with Crippen molar-refractivity contribution >= 4 is 46.3 Å². The molecule has 2 aliphatic rings. The van der Waals surface area contributed by atoms with Crippen LogP contribution in [0.3, 0.4) is 0 Å². The average molecular weight is 507 g/mol. The van der Waals surface area contributed by atoms with Crippen LogP contribution in [0.2, 0.25) is 0 Å². The zero-order valence-corrected chi connectivity index (χ0v) is 20.7. The number of nitrogens with zero attached hydrogens (tertiary/aromatic N) is 3. The molecule has 0 radical (unpaired) electrons. The van der Waals surface area contributed by atoms with Crippen molar-refractivity contribution in [1.29, 1.82) is 0 Å². The second kappa shape index (κ2) is 11.1. The first-order valence-corrected chi connectivity index (χ1v) is 13.4. The molecule has 1 aliphatic heterocycles. The van der Waals surface area contributed by atoms with Crippen LogP contribution in [-0.4, -0.2) is 38.7 Å². The Morgan fingerprint density at radius 1 is 1.09 bits per heavy atom. The van der Waals surface area contributed by atoms with Crippen LogP contribution in [0.5, 0.6) is 0 Å². The third-order valence-electron chi connectivity index (χ3n) is 6.14. The van der Waals surface area contributed by atoms with E-state index >= 15 is 0 Å². The van der Waals surface area contributed by atoms with Gasteiger partial charge < -0.3 is 10.6 Å². The Labute approximate surface area is 212 Å². The average Bonchev–Trinajstić information content (AvgIpc) is 3.51. The van der Waals surface area contributed by atoms with Crippen molar-refractivity contribution < 1.29 is 9.59 Å². The van der Waals surface area contributed by atoms with E-state index in [1.165, 1.54) is 5.56 Å². The molecule has 1 saturated heterocycles. The highest BCUT2D eigenvalue weighted by Gasteiger charge is 2.25. The molecule has 0 bridgehead atoms. The smallest absolute Gasteiger partial charge is 0.290 e. The van der Waals surface area contributed by atoms with Crippen LogP contribution in [0, 0.1) is 5.92 Å². The lowest BCUT2D eigenvalue weighted by Crippen LogP contribution is -2.31. The molecule has 3 N–H and O–H groups in total. The summed E-state index contributed by atoms with van der Waals surface area (Å²) in [6, 6.07) is 10.4. The molecule has 180 valence electrons. The van der Waals surface area contributed by atoms with Crippen molar-refractivity contribution in [3.63, 3.8) is 0 Å². The molecule has 8 nitrogen and oxygen atoms in total. The number of carbonyl (C=O) groups excluding carboxylic acids is 2. The molecule has 1 aliphatic carbocycles. The maximum absolute atomic E-state index is 11.8. The normalized spacial score (nSPS) is 21.3. The molecule has 5 rings (SSSR count). The Hall–Kier alpha value is -3.08.